The molecule has 1 aromatic carbocycles. The van der Waals surface area contributed by atoms with Crippen LogP contribution in [0.4, 0.5) is 0 Å². The Morgan fingerprint density at radius 2 is 2.13 bits per heavy atom. The Morgan fingerprint density at radius 3 is 2.80 bits per heavy atom. The molecule has 1 heterocycles. The van der Waals surface area contributed by atoms with Crippen molar-refractivity contribution in [3.05, 3.63) is 36.4 Å². The van der Waals surface area contributed by atoms with Crippen LogP contribution in [-0.2, 0) is 0 Å². The summed E-state index contributed by atoms with van der Waals surface area (Å²) < 4.78 is 11.3. The maximum Gasteiger partial charge on any atom is 0.161 e. The minimum atomic E-state index is -0.182. The molecular weight excluding hydrogens is 190 g/mol. The van der Waals surface area contributed by atoms with Crippen molar-refractivity contribution in [2.75, 3.05) is 6.61 Å². The van der Waals surface area contributed by atoms with E-state index in [0.717, 1.165) is 17.1 Å². The van der Waals surface area contributed by atoms with Gasteiger partial charge in [0.25, 0.3) is 0 Å². The maximum absolute atomic E-state index is 5.94. The van der Waals surface area contributed by atoms with Crippen molar-refractivity contribution in [1.82, 2.24) is 0 Å². The van der Waals surface area contributed by atoms with Crippen LogP contribution in [0.15, 0.2) is 36.4 Å². The number of fused-ring (bicyclic) bond motifs is 1. The third-order valence-corrected chi connectivity index (χ3v) is 2.50. The summed E-state index contributed by atoms with van der Waals surface area (Å²) in [5.41, 5.74) is 6.85. The van der Waals surface area contributed by atoms with E-state index in [9.17, 15) is 0 Å². The van der Waals surface area contributed by atoms with Gasteiger partial charge in [0.05, 0.1) is 6.04 Å². The van der Waals surface area contributed by atoms with E-state index in [1.807, 2.05) is 31.2 Å². The summed E-state index contributed by atoms with van der Waals surface area (Å²) in [6, 6.07) is 7.42. The average molecular weight is 205 g/mol. The molecule has 0 saturated carbocycles. The van der Waals surface area contributed by atoms with Crippen LogP contribution in [0.5, 0.6) is 11.5 Å². The fourth-order valence-electron chi connectivity index (χ4n) is 1.53. The number of hydrogen-bond donors (Lipinski definition) is 1. The summed E-state index contributed by atoms with van der Waals surface area (Å²) in [4.78, 5) is 0. The first-order chi connectivity index (χ1) is 7.18. The predicted octanol–water partition coefficient (Wildman–Crippen LogP) is 1.73. The summed E-state index contributed by atoms with van der Waals surface area (Å²) in [6.45, 7) is 6.20. The topological polar surface area (TPSA) is 44.5 Å². The Kier molecular flexibility index (Phi) is 2.64. The van der Waals surface area contributed by atoms with Crippen LogP contribution in [0.2, 0.25) is 0 Å². The number of nitrogens with two attached hydrogens (primary N) is 1. The second-order valence-corrected chi connectivity index (χ2v) is 3.79. The third kappa shape index (κ3) is 1.97. The summed E-state index contributed by atoms with van der Waals surface area (Å²) in [5.74, 6) is 1.54. The lowest BCUT2D eigenvalue weighted by Gasteiger charge is -2.30. The molecule has 3 heteroatoms. The molecule has 1 aliphatic rings. The van der Waals surface area contributed by atoms with E-state index in [1.165, 1.54) is 0 Å². The number of hydrogen-bond acceptors (Lipinski definition) is 3. The van der Waals surface area contributed by atoms with Crippen LogP contribution in [-0.4, -0.2) is 18.8 Å². The molecule has 0 aromatic heterocycles. The Bertz CT molecular complexity index is 376. The minimum Gasteiger partial charge on any atom is -0.486 e. The minimum absolute atomic E-state index is 0.141. The smallest absolute Gasteiger partial charge is 0.161 e. The summed E-state index contributed by atoms with van der Waals surface area (Å²) in [5, 5.41) is 0. The molecule has 0 amide bonds. The van der Waals surface area contributed by atoms with Crippen LogP contribution in [0, 0.1) is 0 Å². The third-order valence-electron chi connectivity index (χ3n) is 2.50. The van der Waals surface area contributed by atoms with Crippen LogP contribution in [0.3, 0.4) is 0 Å². The second kappa shape index (κ2) is 3.95. The highest BCUT2D eigenvalue weighted by Crippen LogP contribution is 2.31. The average Bonchev–Trinajstić information content (AvgIpc) is 2.27. The van der Waals surface area contributed by atoms with Crippen molar-refractivity contribution in [2.45, 2.75) is 19.1 Å². The number of para-hydroxylation sites is 2. The molecule has 3 nitrogen and oxygen atoms in total. The van der Waals surface area contributed by atoms with Gasteiger partial charge in [-0.1, -0.05) is 24.3 Å². The van der Waals surface area contributed by atoms with Gasteiger partial charge in [-0.3, -0.25) is 0 Å². The van der Waals surface area contributed by atoms with Gasteiger partial charge in [-0.25, -0.2) is 0 Å². The molecule has 2 N–H and O–H groups in total. The molecule has 0 saturated heterocycles. The van der Waals surface area contributed by atoms with Crippen molar-refractivity contribution in [3.8, 4) is 11.5 Å². The molecule has 2 atom stereocenters. The zero-order valence-electron chi connectivity index (χ0n) is 8.77. The molecule has 2 unspecified atom stereocenters. The molecule has 15 heavy (non-hydrogen) atoms. The first-order valence-corrected chi connectivity index (χ1v) is 4.98. The van der Waals surface area contributed by atoms with E-state index >= 15 is 0 Å². The van der Waals surface area contributed by atoms with Gasteiger partial charge in [0.15, 0.2) is 17.6 Å². The van der Waals surface area contributed by atoms with E-state index in [4.69, 9.17) is 15.2 Å². The highest BCUT2D eigenvalue weighted by molar-refractivity contribution is 5.41. The molecule has 0 radical (unpaired) electrons. The predicted molar refractivity (Wildman–Crippen MR) is 59.1 cm³/mol. The van der Waals surface area contributed by atoms with Gasteiger partial charge in [-0.2, -0.15) is 0 Å². The summed E-state index contributed by atoms with van der Waals surface area (Å²) >= 11 is 0. The Morgan fingerprint density at radius 1 is 1.47 bits per heavy atom. The molecule has 80 valence electrons. The van der Waals surface area contributed by atoms with Crippen LogP contribution in [0.1, 0.15) is 6.92 Å². The lowest BCUT2D eigenvalue weighted by molar-refractivity contribution is 0.0801. The van der Waals surface area contributed by atoms with Crippen LogP contribution >= 0.6 is 0 Å². The number of benzene rings is 1. The number of rotatable bonds is 2. The largest absolute Gasteiger partial charge is 0.486 e. The van der Waals surface area contributed by atoms with Crippen molar-refractivity contribution < 1.29 is 9.47 Å². The lowest BCUT2D eigenvalue weighted by atomic mass is 10.1. The maximum atomic E-state index is 5.94. The highest BCUT2D eigenvalue weighted by Gasteiger charge is 2.26. The van der Waals surface area contributed by atoms with E-state index in [1.54, 1.807) is 0 Å². The number of ether oxygens (including phenoxy) is 2. The van der Waals surface area contributed by atoms with Crippen LogP contribution in [0.25, 0.3) is 0 Å². The van der Waals surface area contributed by atoms with Gasteiger partial charge in [0.2, 0.25) is 0 Å². The molecule has 1 aromatic rings. The summed E-state index contributed by atoms with van der Waals surface area (Å²) in [6.07, 6.45) is -0.141. The van der Waals surface area contributed by atoms with Crippen molar-refractivity contribution in [1.29, 1.82) is 0 Å². The van der Waals surface area contributed by atoms with Gasteiger partial charge in [-0.05, 0) is 19.1 Å². The van der Waals surface area contributed by atoms with Gasteiger partial charge in [0.1, 0.15) is 6.61 Å². The zero-order chi connectivity index (χ0) is 10.8. The molecule has 0 aliphatic carbocycles. The Balaban J connectivity index is 2.15. The van der Waals surface area contributed by atoms with Gasteiger partial charge >= 0.3 is 0 Å². The van der Waals surface area contributed by atoms with Crippen LogP contribution < -0.4 is 15.2 Å². The second-order valence-electron chi connectivity index (χ2n) is 3.79. The van der Waals surface area contributed by atoms with Crippen molar-refractivity contribution in [2.24, 2.45) is 5.73 Å². The van der Waals surface area contributed by atoms with Crippen molar-refractivity contribution >= 4 is 0 Å². The Labute approximate surface area is 89.5 Å². The van der Waals surface area contributed by atoms with Gasteiger partial charge in [0, 0.05) is 0 Å². The molecular formula is C12H15NO2. The molecule has 0 fully saturated rings. The SMILES string of the molecule is C=C(C)C(N)C1COc2ccccc2O1. The fourth-order valence-corrected chi connectivity index (χ4v) is 1.53. The molecule has 0 bridgehead atoms. The molecule has 0 spiro atoms. The first kappa shape index (κ1) is 10.1. The highest BCUT2D eigenvalue weighted by atomic mass is 16.6. The first-order valence-electron chi connectivity index (χ1n) is 4.98. The van der Waals surface area contributed by atoms with Gasteiger partial charge in [-0.15, -0.1) is 0 Å². The van der Waals surface area contributed by atoms with Crippen molar-refractivity contribution in [3.63, 3.8) is 0 Å². The molecule has 2 rings (SSSR count). The van der Waals surface area contributed by atoms with E-state index < -0.39 is 0 Å². The Hall–Kier alpha value is -1.48. The van der Waals surface area contributed by atoms with E-state index in [-0.39, 0.29) is 12.1 Å². The van der Waals surface area contributed by atoms with Gasteiger partial charge < -0.3 is 15.2 Å². The molecule has 1 aliphatic heterocycles. The van der Waals surface area contributed by atoms with E-state index in [2.05, 4.69) is 6.58 Å². The standard InChI is InChI=1S/C12H15NO2/c1-8(2)12(13)11-7-14-9-5-3-4-6-10(9)15-11/h3-6,11-12H,1,7,13H2,2H3. The monoisotopic (exact) mass is 205 g/mol. The summed E-state index contributed by atoms with van der Waals surface area (Å²) in [7, 11) is 0. The normalized spacial score (nSPS) is 20.8. The quantitative estimate of drug-likeness (QED) is 0.748. The lowest BCUT2D eigenvalue weighted by Crippen LogP contribution is -2.45. The zero-order valence-corrected chi connectivity index (χ0v) is 8.77. The van der Waals surface area contributed by atoms with E-state index in [0.29, 0.717) is 6.61 Å². The fraction of sp³-hybridized carbons (Fsp3) is 0.333.